The first-order chi connectivity index (χ1) is 8.60. The number of nitriles is 1. The van der Waals surface area contributed by atoms with Gasteiger partial charge in [-0.05, 0) is 26.5 Å². The zero-order valence-electron chi connectivity index (χ0n) is 11.7. The Morgan fingerprint density at radius 2 is 2.17 bits per heavy atom. The fraction of sp³-hybridized carbons (Fsp3) is 0.533. The van der Waals surface area contributed by atoms with E-state index in [4.69, 9.17) is 10.00 Å². The predicted molar refractivity (Wildman–Crippen MR) is 73.5 cm³/mol. The molecule has 0 heterocycles. The molecule has 3 heteroatoms. The van der Waals surface area contributed by atoms with E-state index in [9.17, 15) is 0 Å². The summed E-state index contributed by atoms with van der Waals surface area (Å²) < 4.78 is 5.37. The molecule has 1 aromatic carbocycles. The Kier molecular flexibility index (Phi) is 5.67. The van der Waals surface area contributed by atoms with Crippen LogP contribution in [0.15, 0.2) is 18.2 Å². The van der Waals surface area contributed by atoms with Gasteiger partial charge in [-0.15, -0.1) is 0 Å². The first-order valence-electron chi connectivity index (χ1n) is 6.32. The largest absolute Gasteiger partial charge is 0.496 e. The van der Waals surface area contributed by atoms with Crippen LogP contribution in [0.3, 0.4) is 0 Å². The van der Waals surface area contributed by atoms with Crippen LogP contribution in [0.2, 0.25) is 0 Å². The molecular weight excluding hydrogens is 224 g/mol. The van der Waals surface area contributed by atoms with Gasteiger partial charge in [0.25, 0.3) is 0 Å². The molecule has 18 heavy (non-hydrogen) atoms. The Bertz CT molecular complexity index is 423. The molecule has 0 radical (unpaired) electrons. The van der Waals surface area contributed by atoms with E-state index in [1.807, 2.05) is 19.2 Å². The summed E-state index contributed by atoms with van der Waals surface area (Å²) in [5.41, 5.74) is 2.40. The van der Waals surface area contributed by atoms with Gasteiger partial charge in [0.05, 0.1) is 19.1 Å². The lowest BCUT2D eigenvalue weighted by Gasteiger charge is -2.20. The van der Waals surface area contributed by atoms with Crippen LogP contribution in [0.5, 0.6) is 5.75 Å². The van der Waals surface area contributed by atoms with E-state index >= 15 is 0 Å². The molecule has 0 aliphatic carbocycles. The second-order valence-corrected chi connectivity index (χ2v) is 4.75. The first-order valence-corrected chi connectivity index (χ1v) is 6.32. The normalized spacial score (nSPS) is 12.2. The van der Waals surface area contributed by atoms with Crippen molar-refractivity contribution in [3.8, 4) is 11.8 Å². The zero-order chi connectivity index (χ0) is 13.5. The van der Waals surface area contributed by atoms with E-state index in [1.165, 1.54) is 11.1 Å². The Morgan fingerprint density at radius 3 is 2.72 bits per heavy atom. The number of aryl methyl sites for hydroxylation is 1. The molecule has 0 saturated heterocycles. The molecule has 0 amide bonds. The van der Waals surface area contributed by atoms with E-state index < -0.39 is 0 Å². The topological polar surface area (TPSA) is 36.3 Å². The number of nitrogens with zero attached hydrogens (tertiary/aromatic N) is 2. The van der Waals surface area contributed by atoms with E-state index in [1.54, 1.807) is 7.11 Å². The van der Waals surface area contributed by atoms with Crippen LogP contribution in [-0.2, 0) is 6.54 Å². The molecule has 0 saturated carbocycles. The Labute approximate surface area is 110 Å². The number of hydrogen-bond donors (Lipinski definition) is 0. The van der Waals surface area contributed by atoms with Crippen molar-refractivity contribution in [1.29, 1.82) is 5.26 Å². The third kappa shape index (κ3) is 4.05. The van der Waals surface area contributed by atoms with Crippen LogP contribution in [0.4, 0.5) is 0 Å². The highest BCUT2D eigenvalue weighted by Gasteiger charge is 2.11. The highest BCUT2D eigenvalue weighted by Crippen LogP contribution is 2.21. The summed E-state index contributed by atoms with van der Waals surface area (Å²) >= 11 is 0. The second kappa shape index (κ2) is 7.03. The molecule has 0 spiro atoms. The minimum atomic E-state index is 0.103. The van der Waals surface area contributed by atoms with Crippen LogP contribution in [-0.4, -0.2) is 25.6 Å². The number of ether oxygens (including phenoxy) is 1. The van der Waals surface area contributed by atoms with Gasteiger partial charge in [0.1, 0.15) is 5.75 Å². The molecule has 3 nitrogen and oxygen atoms in total. The molecule has 1 rings (SSSR count). The van der Waals surface area contributed by atoms with E-state index in [0.29, 0.717) is 0 Å². The van der Waals surface area contributed by atoms with Gasteiger partial charge in [0.2, 0.25) is 0 Å². The molecule has 1 atom stereocenters. The van der Waals surface area contributed by atoms with Gasteiger partial charge in [-0.3, -0.25) is 0 Å². The summed E-state index contributed by atoms with van der Waals surface area (Å²) in [7, 11) is 3.74. The maximum absolute atomic E-state index is 8.98. The van der Waals surface area contributed by atoms with Gasteiger partial charge in [0.15, 0.2) is 0 Å². The van der Waals surface area contributed by atoms with E-state index in [-0.39, 0.29) is 5.92 Å². The van der Waals surface area contributed by atoms with Crippen molar-refractivity contribution in [3.63, 3.8) is 0 Å². The van der Waals surface area contributed by atoms with Crippen molar-refractivity contribution in [1.82, 2.24) is 4.90 Å². The number of rotatable bonds is 6. The van der Waals surface area contributed by atoms with Crippen molar-refractivity contribution in [2.75, 3.05) is 20.7 Å². The Balaban J connectivity index is 2.72. The van der Waals surface area contributed by atoms with Crippen LogP contribution in [0.1, 0.15) is 24.5 Å². The third-order valence-electron chi connectivity index (χ3n) is 3.08. The van der Waals surface area contributed by atoms with Gasteiger partial charge >= 0.3 is 0 Å². The maximum atomic E-state index is 8.98. The minimum absolute atomic E-state index is 0.103. The molecule has 0 aliphatic rings. The fourth-order valence-electron chi connectivity index (χ4n) is 2.02. The van der Waals surface area contributed by atoms with E-state index in [0.717, 1.165) is 25.3 Å². The lowest BCUT2D eigenvalue weighted by Crippen LogP contribution is -2.24. The highest BCUT2D eigenvalue weighted by molar-refractivity contribution is 5.36. The Morgan fingerprint density at radius 1 is 1.44 bits per heavy atom. The van der Waals surface area contributed by atoms with Gasteiger partial charge in [0, 0.05) is 18.7 Å². The van der Waals surface area contributed by atoms with Crippen molar-refractivity contribution < 1.29 is 4.74 Å². The van der Waals surface area contributed by atoms with Crippen molar-refractivity contribution in [2.24, 2.45) is 5.92 Å². The second-order valence-electron chi connectivity index (χ2n) is 4.75. The van der Waals surface area contributed by atoms with Crippen molar-refractivity contribution >= 4 is 0 Å². The molecule has 0 fully saturated rings. The summed E-state index contributed by atoms with van der Waals surface area (Å²) in [4.78, 5) is 2.18. The number of methoxy groups -OCH3 is 1. The SMILES string of the molecule is CCC(C#N)CN(C)Cc1cc(C)ccc1OC. The average Bonchev–Trinajstić information content (AvgIpc) is 2.36. The Hall–Kier alpha value is -1.53. The smallest absolute Gasteiger partial charge is 0.123 e. The monoisotopic (exact) mass is 246 g/mol. The molecule has 0 bridgehead atoms. The number of benzene rings is 1. The van der Waals surface area contributed by atoms with Gasteiger partial charge < -0.3 is 9.64 Å². The predicted octanol–water partition coefficient (Wildman–Crippen LogP) is 2.99. The third-order valence-corrected chi connectivity index (χ3v) is 3.08. The summed E-state index contributed by atoms with van der Waals surface area (Å²) in [6, 6.07) is 8.53. The molecule has 0 N–H and O–H groups in total. The quantitative estimate of drug-likeness (QED) is 0.774. The molecule has 1 aromatic rings. The van der Waals surface area contributed by atoms with Crippen molar-refractivity contribution in [3.05, 3.63) is 29.3 Å². The lowest BCUT2D eigenvalue weighted by molar-refractivity contribution is 0.286. The molecule has 1 unspecified atom stereocenters. The maximum Gasteiger partial charge on any atom is 0.123 e. The summed E-state index contributed by atoms with van der Waals surface area (Å²) in [6.45, 7) is 5.73. The standard InChI is InChI=1S/C15H22N2O/c1-5-13(9-16)10-17(3)11-14-8-12(2)6-7-15(14)18-4/h6-8,13H,5,10-11H2,1-4H3. The fourth-order valence-corrected chi connectivity index (χ4v) is 2.02. The van der Waals surface area contributed by atoms with Crippen LogP contribution in [0.25, 0.3) is 0 Å². The molecule has 98 valence electrons. The van der Waals surface area contributed by atoms with Crippen LogP contribution in [0, 0.1) is 24.2 Å². The van der Waals surface area contributed by atoms with E-state index in [2.05, 4.69) is 30.9 Å². The molecule has 0 aliphatic heterocycles. The minimum Gasteiger partial charge on any atom is -0.496 e. The zero-order valence-corrected chi connectivity index (χ0v) is 11.7. The van der Waals surface area contributed by atoms with Crippen molar-refractivity contribution in [2.45, 2.75) is 26.8 Å². The van der Waals surface area contributed by atoms with Crippen LogP contribution < -0.4 is 4.74 Å². The summed E-state index contributed by atoms with van der Waals surface area (Å²) in [5, 5.41) is 8.98. The van der Waals surface area contributed by atoms with Gasteiger partial charge in [-0.2, -0.15) is 5.26 Å². The van der Waals surface area contributed by atoms with Gasteiger partial charge in [-0.25, -0.2) is 0 Å². The highest BCUT2D eigenvalue weighted by atomic mass is 16.5. The summed E-state index contributed by atoms with van der Waals surface area (Å²) in [6.07, 6.45) is 0.895. The van der Waals surface area contributed by atoms with Crippen LogP contribution >= 0.6 is 0 Å². The average molecular weight is 246 g/mol. The molecular formula is C15H22N2O. The molecule has 0 aromatic heterocycles. The van der Waals surface area contributed by atoms with Gasteiger partial charge in [-0.1, -0.05) is 24.6 Å². The first kappa shape index (κ1) is 14.5. The number of hydrogen-bond acceptors (Lipinski definition) is 3. The summed E-state index contributed by atoms with van der Waals surface area (Å²) in [5.74, 6) is 1.02. The lowest BCUT2D eigenvalue weighted by atomic mass is 10.1.